The van der Waals surface area contributed by atoms with Crippen molar-refractivity contribution in [2.45, 2.75) is 0 Å². The zero-order chi connectivity index (χ0) is 3.58. The van der Waals surface area contributed by atoms with Crippen LogP contribution in [-0.2, 0) is 45.7 Å². The van der Waals surface area contributed by atoms with Gasteiger partial charge in [0, 0.05) is 45.7 Å². The van der Waals surface area contributed by atoms with E-state index in [4.69, 9.17) is 15.0 Å². The summed E-state index contributed by atoms with van der Waals surface area (Å²) in [4.78, 5) is 8.56. The van der Waals surface area contributed by atoms with Crippen LogP contribution in [0.1, 0.15) is 0 Å². The number of rotatable bonds is 0. The molecule has 0 aliphatic carbocycles. The average Bonchev–Trinajstić information content (AvgIpc) is 0.811. The molecule has 7 heavy (non-hydrogen) atoms. The Morgan fingerprint density at radius 1 is 1.29 bits per heavy atom. The van der Waals surface area contributed by atoms with E-state index in [1.165, 1.54) is 0 Å². The second kappa shape index (κ2) is 15.9. The Labute approximate surface area is 72.8 Å². The zero-order valence-corrected chi connectivity index (χ0v) is 9.14. The molecule has 0 aromatic heterocycles. The van der Waals surface area contributed by atoms with Crippen LogP contribution in [0.25, 0.3) is 0 Å². The molecule has 0 heterocycles. The molecule has 5 N–H and O–H groups in total. The third-order valence-electron chi connectivity index (χ3n) is 0. The minimum absolute atomic E-state index is 0. The van der Waals surface area contributed by atoms with Crippen LogP contribution in [0.2, 0.25) is 0 Å². The van der Waals surface area contributed by atoms with E-state index in [1.807, 2.05) is 0 Å². The van der Waals surface area contributed by atoms with Crippen LogP contribution in [0.3, 0.4) is 0 Å². The van der Waals surface area contributed by atoms with Gasteiger partial charge in [-0.05, 0) is 0 Å². The molecule has 0 fully saturated rings. The molecular formula is CH5NO3ZnZr. The fourth-order valence-corrected chi connectivity index (χ4v) is 0. The second-order valence-corrected chi connectivity index (χ2v) is 0.283. The van der Waals surface area contributed by atoms with E-state index in [1.54, 1.807) is 0 Å². The summed E-state index contributed by atoms with van der Waals surface area (Å²) in [6.45, 7) is 0. The summed E-state index contributed by atoms with van der Waals surface area (Å²) in [5.41, 5.74) is 0. The fraction of sp³-hybridized carbons (Fsp3) is 0. The quantitative estimate of drug-likeness (QED) is 0.529. The molecule has 0 atom stereocenters. The molecule has 0 amide bonds. The average molecular weight is 236 g/mol. The molecule has 0 saturated heterocycles. The van der Waals surface area contributed by atoms with Crippen molar-refractivity contribution in [1.29, 1.82) is 0 Å². The van der Waals surface area contributed by atoms with Gasteiger partial charge in [-0.15, -0.1) is 0 Å². The number of hydrogen-bond donors (Lipinski definition) is 3. The van der Waals surface area contributed by atoms with E-state index in [9.17, 15) is 0 Å². The topological polar surface area (TPSA) is 92.5 Å². The van der Waals surface area contributed by atoms with E-state index in [-0.39, 0.29) is 51.8 Å². The van der Waals surface area contributed by atoms with Crippen LogP contribution >= 0.6 is 0 Å². The van der Waals surface area contributed by atoms with Crippen LogP contribution in [-0.4, -0.2) is 16.4 Å². The summed E-state index contributed by atoms with van der Waals surface area (Å²) < 4.78 is 0. The van der Waals surface area contributed by atoms with Gasteiger partial charge in [0.1, 0.15) is 0 Å². The minimum Gasteiger partial charge on any atom is -0.450 e. The summed E-state index contributed by atoms with van der Waals surface area (Å²) in [6, 6.07) is 0. The standard InChI is InChI=1S/CH2O3.H3N.Zn.Zr/c2-1(3)4;;;/h(H2,2,3,4);1H3;;. The van der Waals surface area contributed by atoms with E-state index in [2.05, 4.69) is 0 Å². The van der Waals surface area contributed by atoms with Crippen molar-refractivity contribution in [3.63, 3.8) is 0 Å². The van der Waals surface area contributed by atoms with Crippen LogP contribution in [0.15, 0.2) is 0 Å². The first-order valence-electron chi connectivity index (χ1n) is 0.651. The summed E-state index contributed by atoms with van der Waals surface area (Å²) in [5, 5.41) is 13.9. The first-order chi connectivity index (χ1) is 1.73. The predicted molar refractivity (Wildman–Crippen MR) is 15.7 cm³/mol. The minimum atomic E-state index is -1.83. The van der Waals surface area contributed by atoms with Crippen molar-refractivity contribution < 1.29 is 60.7 Å². The van der Waals surface area contributed by atoms with Crippen LogP contribution in [0.4, 0.5) is 4.79 Å². The molecule has 38 valence electrons. The largest absolute Gasteiger partial charge is 0.503 e. The van der Waals surface area contributed by atoms with Crippen molar-refractivity contribution in [3.05, 3.63) is 0 Å². The molecule has 0 radical (unpaired) electrons. The number of carboxylic acid groups (broad SMARTS) is 2. The molecule has 0 aromatic carbocycles. The number of hydrogen-bond acceptors (Lipinski definition) is 2. The van der Waals surface area contributed by atoms with Gasteiger partial charge in [0.15, 0.2) is 0 Å². The monoisotopic (exact) mass is 233 g/mol. The van der Waals surface area contributed by atoms with Gasteiger partial charge in [0.2, 0.25) is 0 Å². The normalized spacial score (nSPS) is 3.43. The Kier molecular flexibility index (Phi) is 57.0. The van der Waals surface area contributed by atoms with Crippen molar-refractivity contribution in [2.24, 2.45) is 0 Å². The Hall–Kier alpha value is 0.736. The van der Waals surface area contributed by atoms with Gasteiger partial charge >= 0.3 is 6.16 Å². The van der Waals surface area contributed by atoms with Gasteiger partial charge in [-0.25, -0.2) is 4.79 Å². The first-order valence-corrected chi connectivity index (χ1v) is 0.651. The zero-order valence-electron chi connectivity index (χ0n) is 3.72. The number of carbonyl (C=O) groups is 1. The molecule has 0 aliphatic rings. The van der Waals surface area contributed by atoms with Crippen molar-refractivity contribution >= 4 is 6.16 Å². The van der Waals surface area contributed by atoms with Gasteiger partial charge in [-0.2, -0.15) is 0 Å². The van der Waals surface area contributed by atoms with Crippen molar-refractivity contribution in [1.82, 2.24) is 6.15 Å². The molecule has 0 spiro atoms. The summed E-state index contributed by atoms with van der Waals surface area (Å²) in [7, 11) is 0. The summed E-state index contributed by atoms with van der Waals surface area (Å²) in [5.74, 6) is 0. The Morgan fingerprint density at radius 3 is 1.29 bits per heavy atom. The van der Waals surface area contributed by atoms with E-state index >= 15 is 0 Å². The maximum absolute atomic E-state index is 8.56. The third-order valence-corrected chi connectivity index (χ3v) is 0. The predicted octanol–water partition coefficient (Wildman–Crippen LogP) is 0.379. The van der Waals surface area contributed by atoms with Crippen LogP contribution in [0, 0.1) is 0 Å². The molecular weight excluding hydrogens is 231 g/mol. The Bertz CT molecular complexity index is 37.9. The maximum atomic E-state index is 8.56. The summed E-state index contributed by atoms with van der Waals surface area (Å²) >= 11 is 0. The molecule has 4 nitrogen and oxygen atoms in total. The van der Waals surface area contributed by atoms with Gasteiger partial charge in [-0.3, -0.25) is 0 Å². The van der Waals surface area contributed by atoms with Crippen molar-refractivity contribution in [2.75, 3.05) is 0 Å². The Morgan fingerprint density at radius 2 is 1.29 bits per heavy atom. The molecule has 0 aromatic rings. The van der Waals surface area contributed by atoms with Crippen LogP contribution in [0.5, 0.6) is 0 Å². The van der Waals surface area contributed by atoms with E-state index in [0.29, 0.717) is 0 Å². The maximum Gasteiger partial charge on any atom is 0.503 e. The summed E-state index contributed by atoms with van der Waals surface area (Å²) in [6.07, 6.45) is -1.83. The molecule has 0 unspecified atom stereocenters. The van der Waals surface area contributed by atoms with Gasteiger partial charge < -0.3 is 16.4 Å². The molecule has 0 bridgehead atoms. The van der Waals surface area contributed by atoms with Gasteiger partial charge in [0.25, 0.3) is 0 Å². The van der Waals surface area contributed by atoms with Crippen molar-refractivity contribution in [3.8, 4) is 0 Å². The van der Waals surface area contributed by atoms with E-state index in [0.717, 1.165) is 0 Å². The third kappa shape index (κ3) is 279. The molecule has 0 saturated carbocycles. The second-order valence-electron chi connectivity index (χ2n) is 0.283. The van der Waals surface area contributed by atoms with E-state index < -0.39 is 6.16 Å². The Balaban J connectivity index is -0.0000000150. The SMILES string of the molecule is N.O=C(O)O.[Zn].[Zr]. The molecule has 0 aliphatic heterocycles. The smallest absolute Gasteiger partial charge is 0.450 e. The van der Waals surface area contributed by atoms with Crippen LogP contribution < -0.4 is 6.15 Å². The van der Waals surface area contributed by atoms with Gasteiger partial charge in [-0.1, -0.05) is 0 Å². The first kappa shape index (κ1) is 25.1. The molecule has 0 rings (SSSR count). The fourth-order valence-electron chi connectivity index (χ4n) is 0. The van der Waals surface area contributed by atoms with Gasteiger partial charge in [0.05, 0.1) is 0 Å². The molecule has 6 heteroatoms.